The Balaban J connectivity index is 1.55. The van der Waals surface area contributed by atoms with Crippen molar-refractivity contribution < 1.29 is 14.6 Å². The standard InChI is InChI=1S/C24H31ClN2O3/c1-26(23(24(29)30-2)20-10-6-7-11-21(20)25)16-18-12-14-27(15-13-18)17-22(28)19-8-4-3-5-9-19/h3-11,18,22-23,28H,12-17H2,1-2H3. The first kappa shape index (κ1) is 22.8. The van der Waals surface area contributed by atoms with E-state index in [2.05, 4.69) is 4.90 Å². The summed E-state index contributed by atoms with van der Waals surface area (Å²) >= 11 is 6.36. The first-order chi connectivity index (χ1) is 14.5. The average Bonchev–Trinajstić information content (AvgIpc) is 2.77. The predicted octanol–water partition coefficient (Wildman–Crippen LogP) is 3.93. The summed E-state index contributed by atoms with van der Waals surface area (Å²) < 4.78 is 5.06. The lowest BCUT2D eigenvalue weighted by Gasteiger charge is -2.36. The molecular weight excluding hydrogens is 400 g/mol. The second-order valence-corrected chi connectivity index (χ2v) is 8.46. The molecule has 0 aromatic heterocycles. The number of β-amino-alcohol motifs (C(OH)–C–C–N with tert-alkyl or cyclic N) is 1. The molecule has 5 nitrogen and oxygen atoms in total. The van der Waals surface area contributed by atoms with Gasteiger partial charge in [0, 0.05) is 18.1 Å². The van der Waals surface area contributed by atoms with Gasteiger partial charge < -0.3 is 14.7 Å². The van der Waals surface area contributed by atoms with Gasteiger partial charge in [-0.15, -0.1) is 0 Å². The molecule has 30 heavy (non-hydrogen) atoms. The summed E-state index contributed by atoms with van der Waals surface area (Å²) in [5.41, 5.74) is 1.73. The van der Waals surface area contributed by atoms with Gasteiger partial charge in [-0.3, -0.25) is 4.90 Å². The molecular formula is C24H31ClN2O3. The van der Waals surface area contributed by atoms with Gasteiger partial charge in [0.2, 0.25) is 0 Å². The highest BCUT2D eigenvalue weighted by molar-refractivity contribution is 6.31. The first-order valence-electron chi connectivity index (χ1n) is 10.5. The maximum Gasteiger partial charge on any atom is 0.327 e. The Bertz CT molecular complexity index is 809. The van der Waals surface area contributed by atoms with Gasteiger partial charge in [0.05, 0.1) is 13.2 Å². The molecule has 1 aliphatic rings. The number of aliphatic hydroxyl groups excluding tert-OH is 1. The van der Waals surface area contributed by atoms with Gasteiger partial charge in [-0.05, 0) is 56.1 Å². The minimum Gasteiger partial charge on any atom is -0.468 e. The van der Waals surface area contributed by atoms with Crippen LogP contribution in [-0.2, 0) is 9.53 Å². The molecule has 0 bridgehead atoms. The summed E-state index contributed by atoms with van der Waals surface area (Å²) in [7, 11) is 3.37. The molecule has 2 aromatic rings. The number of hydrogen-bond donors (Lipinski definition) is 1. The average molecular weight is 431 g/mol. The van der Waals surface area contributed by atoms with E-state index < -0.39 is 12.1 Å². The van der Waals surface area contributed by atoms with Crippen LogP contribution in [0.25, 0.3) is 0 Å². The van der Waals surface area contributed by atoms with E-state index in [-0.39, 0.29) is 5.97 Å². The third kappa shape index (κ3) is 5.82. The van der Waals surface area contributed by atoms with E-state index in [4.69, 9.17) is 16.3 Å². The van der Waals surface area contributed by atoms with Crippen LogP contribution < -0.4 is 0 Å². The SMILES string of the molecule is COC(=O)C(c1ccccc1Cl)N(C)CC1CCN(CC(O)c2ccccc2)CC1. The lowest BCUT2D eigenvalue weighted by Crippen LogP contribution is -2.41. The van der Waals surface area contributed by atoms with Crippen molar-refractivity contribution in [2.75, 3.05) is 40.3 Å². The van der Waals surface area contributed by atoms with Crippen molar-refractivity contribution in [2.45, 2.75) is 25.0 Å². The molecule has 0 aliphatic carbocycles. The van der Waals surface area contributed by atoms with Crippen molar-refractivity contribution >= 4 is 17.6 Å². The van der Waals surface area contributed by atoms with Gasteiger partial charge >= 0.3 is 5.97 Å². The number of benzene rings is 2. The minimum absolute atomic E-state index is 0.297. The Morgan fingerprint density at radius 2 is 1.80 bits per heavy atom. The van der Waals surface area contributed by atoms with Crippen molar-refractivity contribution in [3.8, 4) is 0 Å². The number of likely N-dealkylation sites (tertiary alicyclic amines) is 1. The Morgan fingerprint density at radius 1 is 1.17 bits per heavy atom. The number of piperidine rings is 1. The van der Waals surface area contributed by atoms with E-state index in [9.17, 15) is 9.90 Å². The van der Waals surface area contributed by atoms with Crippen LogP contribution in [0.3, 0.4) is 0 Å². The molecule has 6 heteroatoms. The number of likely N-dealkylation sites (N-methyl/N-ethyl adjacent to an activating group) is 1. The van der Waals surface area contributed by atoms with Gasteiger partial charge in [0.15, 0.2) is 0 Å². The summed E-state index contributed by atoms with van der Waals surface area (Å²) in [5, 5.41) is 11.1. The molecule has 0 radical (unpaired) electrons. The van der Waals surface area contributed by atoms with Crippen molar-refractivity contribution in [3.63, 3.8) is 0 Å². The number of carbonyl (C=O) groups excluding carboxylic acids is 1. The molecule has 162 valence electrons. The largest absolute Gasteiger partial charge is 0.468 e. The molecule has 1 fully saturated rings. The fourth-order valence-corrected chi connectivity index (χ4v) is 4.48. The monoisotopic (exact) mass is 430 g/mol. The van der Waals surface area contributed by atoms with Crippen LogP contribution in [0.5, 0.6) is 0 Å². The van der Waals surface area contributed by atoms with Crippen molar-refractivity contribution in [2.24, 2.45) is 5.92 Å². The molecule has 1 saturated heterocycles. The zero-order chi connectivity index (χ0) is 21.5. The minimum atomic E-state index is -0.512. The van der Waals surface area contributed by atoms with Crippen molar-refractivity contribution in [1.82, 2.24) is 9.80 Å². The number of nitrogens with zero attached hydrogens (tertiary/aromatic N) is 2. The van der Waals surface area contributed by atoms with Gasteiger partial charge in [-0.2, -0.15) is 0 Å². The van der Waals surface area contributed by atoms with Crippen LogP contribution in [0.4, 0.5) is 0 Å². The number of esters is 1. The Labute approximate surface area is 184 Å². The number of ether oxygens (including phenoxy) is 1. The maximum atomic E-state index is 12.5. The highest BCUT2D eigenvalue weighted by Gasteiger charge is 2.30. The van der Waals surface area contributed by atoms with Crippen LogP contribution in [0.2, 0.25) is 5.02 Å². The summed E-state index contributed by atoms with van der Waals surface area (Å²) in [5.74, 6) is 0.184. The molecule has 0 saturated carbocycles. The first-order valence-corrected chi connectivity index (χ1v) is 10.8. The van der Waals surface area contributed by atoms with Crippen LogP contribution in [-0.4, -0.2) is 61.2 Å². The Morgan fingerprint density at radius 3 is 2.43 bits per heavy atom. The zero-order valence-electron chi connectivity index (χ0n) is 17.7. The van der Waals surface area contributed by atoms with E-state index in [1.807, 2.05) is 60.5 Å². The molecule has 3 rings (SSSR count). The van der Waals surface area contributed by atoms with Gasteiger partial charge in [-0.25, -0.2) is 4.79 Å². The summed E-state index contributed by atoms with van der Waals surface area (Å²) in [4.78, 5) is 16.9. The molecule has 0 spiro atoms. The topological polar surface area (TPSA) is 53.0 Å². The quantitative estimate of drug-likeness (QED) is 0.643. The normalized spacial score (nSPS) is 17.6. The molecule has 1 heterocycles. The van der Waals surface area contributed by atoms with Crippen LogP contribution in [0.1, 0.15) is 36.1 Å². The maximum absolute atomic E-state index is 12.5. The molecule has 1 N–H and O–H groups in total. The number of methoxy groups -OCH3 is 1. The molecule has 2 unspecified atom stereocenters. The van der Waals surface area contributed by atoms with Crippen molar-refractivity contribution in [3.05, 3.63) is 70.7 Å². The van der Waals surface area contributed by atoms with E-state index in [0.717, 1.165) is 43.6 Å². The Hall–Kier alpha value is -1.92. The highest BCUT2D eigenvalue weighted by atomic mass is 35.5. The molecule has 1 aliphatic heterocycles. The van der Waals surface area contributed by atoms with E-state index >= 15 is 0 Å². The number of halogens is 1. The van der Waals surface area contributed by atoms with Crippen LogP contribution >= 0.6 is 11.6 Å². The van der Waals surface area contributed by atoms with Crippen LogP contribution in [0, 0.1) is 5.92 Å². The Kier molecular flexibility index (Phi) is 8.28. The van der Waals surface area contributed by atoms with Gasteiger partial charge in [0.25, 0.3) is 0 Å². The number of aliphatic hydroxyl groups is 1. The lowest BCUT2D eigenvalue weighted by atomic mass is 9.94. The van der Waals surface area contributed by atoms with E-state index in [1.54, 1.807) is 6.07 Å². The van der Waals surface area contributed by atoms with Gasteiger partial charge in [0.1, 0.15) is 6.04 Å². The predicted molar refractivity (Wildman–Crippen MR) is 119 cm³/mol. The second-order valence-electron chi connectivity index (χ2n) is 8.06. The van der Waals surface area contributed by atoms with Crippen molar-refractivity contribution in [1.29, 1.82) is 0 Å². The third-order valence-electron chi connectivity index (χ3n) is 5.93. The second kappa shape index (κ2) is 10.9. The highest BCUT2D eigenvalue weighted by Crippen LogP contribution is 2.30. The summed E-state index contributed by atoms with van der Waals surface area (Å²) in [6.07, 6.45) is 1.60. The van der Waals surface area contributed by atoms with E-state index in [1.165, 1.54) is 7.11 Å². The fraction of sp³-hybridized carbons (Fsp3) is 0.458. The van der Waals surface area contributed by atoms with Gasteiger partial charge in [-0.1, -0.05) is 60.1 Å². The fourth-order valence-electron chi connectivity index (χ4n) is 4.24. The van der Waals surface area contributed by atoms with Crippen LogP contribution in [0.15, 0.2) is 54.6 Å². The molecule has 0 amide bonds. The lowest BCUT2D eigenvalue weighted by molar-refractivity contribution is -0.147. The number of carbonyl (C=O) groups is 1. The van der Waals surface area contributed by atoms with E-state index in [0.29, 0.717) is 17.5 Å². The third-order valence-corrected chi connectivity index (χ3v) is 6.28. The number of rotatable bonds is 8. The summed E-state index contributed by atoms with van der Waals surface area (Å²) in [6.45, 7) is 3.33. The smallest absolute Gasteiger partial charge is 0.327 e. The molecule has 2 aromatic carbocycles. The summed E-state index contributed by atoms with van der Waals surface area (Å²) in [6, 6.07) is 16.7. The zero-order valence-corrected chi connectivity index (χ0v) is 18.5. The molecule has 2 atom stereocenters. The number of hydrogen-bond acceptors (Lipinski definition) is 5.